The van der Waals surface area contributed by atoms with Crippen LogP contribution in [0.15, 0.2) is 42.5 Å². The van der Waals surface area contributed by atoms with Crippen LogP contribution in [0, 0.1) is 5.92 Å². The summed E-state index contributed by atoms with van der Waals surface area (Å²) < 4.78 is 10.4. The van der Waals surface area contributed by atoms with E-state index in [0.717, 1.165) is 5.56 Å². The quantitative estimate of drug-likeness (QED) is 0.585. The van der Waals surface area contributed by atoms with Crippen LogP contribution >= 0.6 is 0 Å². The third kappa shape index (κ3) is 5.99. The van der Waals surface area contributed by atoms with E-state index in [4.69, 9.17) is 9.84 Å². The van der Waals surface area contributed by atoms with Crippen molar-refractivity contribution in [3.8, 4) is 0 Å². The summed E-state index contributed by atoms with van der Waals surface area (Å²) in [5.74, 6) is -0.292. The fraction of sp³-hybridized carbons (Fsp3) is 0.438. The van der Waals surface area contributed by atoms with Gasteiger partial charge in [-0.3, -0.25) is 0 Å². The number of ether oxygens (including phenoxy) is 2. The van der Waals surface area contributed by atoms with Gasteiger partial charge in [-0.1, -0.05) is 37.3 Å². The molecule has 0 saturated heterocycles. The predicted molar refractivity (Wildman–Crippen MR) is 77.0 cm³/mol. The molecule has 0 amide bonds. The maximum absolute atomic E-state index is 11.2. The first kappa shape index (κ1) is 16.4. The van der Waals surface area contributed by atoms with Gasteiger partial charge in [0.25, 0.3) is 0 Å². The molecule has 2 atom stereocenters. The van der Waals surface area contributed by atoms with Crippen LogP contribution in [-0.4, -0.2) is 30.9 Å². The molecule has 0 heterocycles. The van der Waals surface area contributed by atoms with Crippen LogP contribution in [0.5, 0.6) is 0 Å². The highest BCUT2D eigenvalue weighted by atomic mass is 16.5. The number of hydrogen-bond acceptors (Lipinski definition) is 4. The maximum atomic E-state index is 11.2. The number of carbonyl (C=O) groups excluding carboxylic acids is 1. The van der Waals surface area contributed by atoms with Gasteiger partial charge in [-0.05, 0) is 24.0 Å². The van der Waals surface area contributed by atoms with Crippen molar-refractivity contribution in [2.45, 2.75) is 26.1 Å². The zero-order chi connectivity index (χ0) is 14.8. The van der Waals surface area contributed by atoms with E-state index in [1.165, 1.54) is 13.2 Å². The van der Waals surface area contributed by atoms with Crippen LogP contribution in [0.1, 0.15) is 18.9 Å². The highest BCUT2D eigenvalue weighted by Gasteiger charge is 2.15. The monoisotopic (exact) mass is 278 g/mol. The molecule has 0 radical (unpaired) electrons. The summed E-state index contributed by atoms with van der Waals surface area (Å²) in [6.07, 6.45) is 3.44. The number of carbonyl (C=O) groups is 1. The van der Waals surface area contributed by atoms with Gasteiger partial charge in [0.15, 0.2) is 0 Å². The Labute approximate surface area is 120 Å². The summed E-state index contributed by atoms with van der Waals surface area (Å²) in [6, 6.07) is 9.83. The fourth-order valence-electron chi connectivity index (χ4n) is 1.79. The lowest BCUT2D eigenvalue weighted by molar-refractivity contribution is -0.134. The average Bonchev–Trinajstić information content (AvgIpc) is 2.48. The van der Waals surface area contributed by atoms with Crippen LogP contribution < -0.4 is 0 Å². The highest BCUT2D eigenvalue weighted by Crippen LogP contribution is 2.15. The molecule has 110 valence electrons. The van der Waals surface area contributed by atoms with E-state index in [2.05, 4.69) is 4.74 Å². The van der Waals surface area contributed by atoms with E-state index < -0.39 is 5.97 Å². The van der Waals surface area contributed by atoms with Gasteiger partial charge in [-0.2, -0.15) is 0 Å². The molecule has 0 aliphatic rings. The second-order valence-corrected chi connectivity index (χ2v) is 4.63. The predicted octanol–water partition coefficient (Wildman–Crippen LogP) is 2.32. The fourth-order valence-corrected chi connectivity index (χ4v) is 1.79. The first-order valence-electron chi connectivity index (χ1n) is 6.70. The molecule has 0 aliphatic heterocycles. The maximum Gasteiger partial charge on any atom is 0.330 e. The van der Waals surface area contributed by atoms with Gasteiger partial charge in [0, 0.05) is 12.7 Å². The van der Waals surface area contributed by atoms with Crippen LogP contribution in [0.25, 0.3) is 0 Å². The number of esters is 1. The third-order valence-electron chi connectivity index (χ3n) is 3.05. The Morgan fingerprint density at radius 2 is 2.05 bits per heavy atom. The largest absolute Gasteiger partial charge is 0.466 e. The Balaban J connectivity index is 2.62. The number of rotatable bonds is 8. The third-order valence-corrected chi connectivity index (χ3v) is 3.05. The number of aliphatic hydroxyl groups excluding tert-OH is 1. The molecular weight excluding hydrogens is 256 g/mol. The minimum atomic E-state index is -0.408. The van der Waals surface area contributed by atoms with Crippen LogP contribution in [0.4, 0.5) is 0 Å². The Bertz CT molecular complexity index is 414. The lowest BCUT2D eigenvalue weighted by Gasteiger charge is -2.21. The summed E-state index contributed by atoms with van der Waals surface area (Å²) in [5.41, 5.74) is 1.07. The number of hydrogen-bond donors (Lipinski definition) is 1. The zero-order valence-electron chi connectivity index (χ0n) is 12.0. The summed E-state index contributed by atoms with van der Waals surface area (Å²) in [7, 11) is 1.34. The first-order chi connectivity index (χ1) is 9.67. The number of aliphatic hydroxyl groups is 1. The molecule has 4 nitrogen and oxygen atoms in total. The van der Waals surface area contributed by atoms with Crippen molar-refractivity contribution in [1.29, 1.82) is 0 Å². The van der Waals surface area contributed by atoms with Crippen LogP contribution in [-0.2, 0) is 20.9 Å². The van der Waals surface area contributed by atoms with Crippen molar-refractivity contribution in [3.05, 3.63) is 48.0 Å². The summed E-state index contributed by atoms with van der Waals surface area (Å²) in [5, 5.41) is 9.02. The van der Waals surface area contributed by atoms with E-state index in [1.807, 2.05) is 37.3 Å². The Hall–Kier alpha value is -1.65. The van der Waals surface area contributed by atoms with E-state index in [9.17, 15) is 4.79 Å². The van der Waals surface area contributed by atoms with Gasteiger partial charge in [0.05, 0.1) is 19.8 Å². The molecule has 1 aromatic rings. The SMILES string of the molecule is COC(=O)/C=C/[C@H](OCc1ccccc1)[C@@H](C)CCO. The summed E-state index contributed by atoms with van der Waals surface area (Å²) in [6.45, 7) is 2.54. The first-order valence-corrected chi connectivity index (χ1v) is 6.70. The normalized spacial score (nSPS) is 14.2. The number of benzene rings is 1. The molecule has 0 spiro atoms. The smallest absolute Gasteiger partial charge is 0.330 e. The minimum absolute atomic E-state index is 0.0957. The van der Waals surface area contributed by atoms with Crippen molar-refractivity contribution >= 4 is 5.97 Å². The second kappa shape index (κ2) is 9.28. The Morgan fingerprint density at radius 3 is 2.65 bits per heavy atom. The molecule has 1 aromatic carbocycles. The number of methoxy groups -OCH3 is 1. The van der Waals surface area contributed by atoms with Gasteiger partial charge >= 0.3 is 5.97 Å². The molecule has 4 heteroatoms. The average molecular weight is 278 g/mol. The second-order valence-electron chi connectivity index (χ2n) is 4.63. The van der Waals surface area contributed by atoms with Gasteiger partial charge in [0.2, 0.25) is 0 Å². The van der Waals surface area contributed by atoms with Gasteiger partial charge in [-0.25, -0.2) is 4.79 Å². The molecule has 1 rings (SSSR count). The molecule has 0 aromatic heterocycles. The van der Waals surface area contributed by atoms with Crippen LogP contribution in [0.2, 0.25) is 0 Å². The van der Waals surface area contributed by atoms with E-state index in [1.54, 1.807) is 6.08 Å². The van der Waals surface area contributed by atoms with Crippen molar-refractivity contribution in [3.63, 3.8) is 0 Å². The molecule has 0 bridgehead atoms. The Kier molecular flexibility index (Phi) is 7.62. The highest BCUT2D eigenvalue weighted by molar-refractivity contribution is 5.81. The molecule has 0 saturated carbocycles. The van der Waals surface area contributed by atoms with Crippen molar-refractivity contribution in [2.75, 3.05) is 13.7 Å². The summed E-state index contributed by atoms with van der Waals surface area (Å²) in [4.78, 5) is 11.2. The lowest BCUT2D eigenvalue weighted by atomic mass is 10.0. The molecule has 20 heavy (non-hydrogen) atoms. The van der Waals surface area contributed by atoms with E-state index in [-0.39, 0.29) is 18.6 Å². The molecule has 0 fully saturated rings. The van der Waals surface area contributed by atoms with Gasteiger partial charge in [-0.15, -0.1) is 0 Å². The molecule has 0 aliphatic carbocycles. The van der Waals surface area contributed by atoms with Crippen LogP contribution in [0.3, 0.4) is 0 Å². The minimum Gasteiger partial charge on any atom is -0.466 e. The van der Waals surface area contributed by atoms with Crippen molar-refractivity contribution < 1.29 is 19.4 Å². The van der Waals surface area contributed by atoms with E-state index in [0.29, 0.717) is 13.0 Å². The standard InChI is InChI=1S/C16H22O4/c1-13(10-11-17)15(8-9-16(18)19-2)20-12-14-6-4-3-5-7-14/h3-9,13,15,17H,10-12H2,1-2H3/b9-8+/t13-,15-/m0/s1. The van der Waals surface area contributed by atoms with Crippen molar-refractivity contribution in [1.82, 2.24) is 0 Å². The zero-order valence-corrected chi connectivity index (χ0v) is 12.0. The van der Waals surface area contributed by atoms with E-state index >= 15 is 0 Å². The van der Waals surface area contributed by atoms with Gasteiger partial charge in [0.1, 0.15) is 0 Å². The molecule has 0 unspecified atom stereocenters. The van der Waals surface area contributed by atoms with Crippen molar-refractivity contribution in [2.24, 2.45) is 5.92 Å². The Morgan fingerprint density at radius 1 is 1.35 bits per heavy atom. The van der Waals surface area contributed by atoms with Gasteiger partial charge < -0.3 is 14.6 Å². The molecular formula is C16H22O4. The summed E-state index contributed by atoms with van der Waals surface area (Å²) >= 11 is 0. The molecule has 1 N–H and O–H groups in total. The lowest BCUT2D eigenvalue weighted by Crippen LogP contribution is -2.21. The topological polar surface area (TPSA) is 55.8 Å².